The fourth-order valence-corrected chi connectivity index (χ4v) is 2.56. The first kappa shape index (κ1) is 16.6. The fraction of sp³-hybridized carbons (Fsp3) is 0.105. The lowest BCUT2D eigenvalue weighted by Crippen LogP contribution is -2.29. The summed E-state index contributed by atoms with van der Waals surface area (Å²) >= 11 is 0. The standard InChI is InChI=1S/C19H16N6O2/c1-24(15-5-3-2-4-6-15)17(26)12-25-11-16(21-13-25)18-22-19(27-23-18)14-7-9-20-10-8-14/h2-11,13H,12H2,1H3. The number of nitrogens with zero attached hydrogens (tertiary/aromatic N) is 6. The van der Waals surface area contributed by atoms with Crippen LogP contribution in [0.4, 0.5) is 5.69 Å². The van der Waals surface area contributed by atoms with E-state index in [-0.39, 0.29) is 12.5 Å². The maximum absolute atomic E-state index is 12.5. The molecule has 0 saturated carbocycles. The van der Waals surface area contributed by atoms with Crippen LogP contribution >= 0.6 is 0 Å². The molecule has 8 heteroatoms. The molecule has 0 bridgehead atoms. The zero-order valence-electron chi connectivity index (χ0n) is 14.6. The lowest BCUT2D eigenvalue weighted by Gasteiger charge is -2.17. The van der Waals surface area contributed by atoms with Crippen molar-refractivity contribution in [2.24, 2.45) is 0 Å². The summed E-state index contributed by atoms with van der Waals surface area (Å²) in [5.74, 6) is 0.696. The smallest absolute Gasteiger partial charge is 0.258 e. The van der Waals surface area contributed by atoms with Gasteiger partial charge in [-0.3, -0.25) is 9.78 Å². The Morgan fingerprint density at radius 1 is 1.15 bits per heavy atom. The summed E-state index contributed by atoms with van der Waals surface area (Å²) in [7, 11) is 1.75. The number of rotatable bonds is 5. The molecule has 0 unspecified atom stereocenters. The molecule has 27 heavy (non-hydrogen) atoms. The Bertz CT molecular complexity index is 1040. The molecule has 3 aromatic heterocycles. The number of imidazole rings is 1. The van der Waals surface area contributed by atoms with Crippen LogP contribution in [0.5, 0.6) is 0 Å². The second-order valence-corrected chi connectivity index (χ2v) is 5.88. The Hall–Kier alpha value is -3.81. The molecule has 0 spiro atoms. The molecule has 0 atom stereocenters. The van der Waals surface area contributed by atoms with Crippen molar-refractivity contribution in [2.45, 2.75) is 6.54 Å². The molecular weight excluding hydrogens is 344 g/mol. The lowest BCUT2D eigenvalue weighted by atomic mass is 10.3. The molecule has 8 nitrogen and oxygen atoms in total. The van der Waals surface area contributed by atoms with E-state index in [0.717, 1.165) is 11.3 Å². The summed E-state index contributed by atoms with van der Waals surface area (Å²) in [5, 5.41) is 3.96. The highest BCUT2D eigenvalue weighted by molar-refractivity contribution is 5.92. The SMILES string of the molecule is CN(C(=O)Cn1cnc(-c2noc(-c3ccncc3)n2)c1)c1ccccc1. The number of likely N-dealkylation sites (N-methyl/N-ethyl adjacent to an activating group) is 1. The molecule has 134 valence electrons. The number of pyridine rings is 1. The minimum absolute atomic E-state index is 0.0595. The highest BCUT2D eigenvalue weighted by Gasteiger charge is 2.15. The van der Waals surface area contributed by atoms with Crippen molar-refractivity contribution >= 4 is 11.6 Å². The average Bonchev–Trinajstić information content (AvgIpc) is 3.38. The molecular formula is C19H16N6O2. The van der Waals surface area contributed by atoms with Gasteiger partial charge in [-0.1, -0.05) is 23.4 Å². The van der Waals surface area contributed by atoms with Gasteiger partial charge in [0.05, 0.1) is 6.33 Å². The van der Waals surface area contributed by atoms with Crippen LogP contribution in [-0.4, -0.2) is 37.6 Å². The summed E-state index contributed by atoms with van der Waals surface area (Å²) in [4.78, 5) is 26.7. The number of hydrogen-bond donors (Lipinski definition) is 0. The van der Waals surface area contributed by atoms with Gasteiger partial charge in [0.25, 0.3) is 5.89 Å². The number of benzene rings is 1. The minimum atomic E-state index is -0.0595. The van der Waals surface area contributed by atoms with Gasteiger partial charge in [-0.2, -0.15) is 4.98 Å². The van der Waals surface area contributed by atoms with Gasteiger partial charge in [-0.15, -0.1) is 0 Å². The minimum Gasteiger partial charge on any atom is -0.334 e. The monoisotopic (exact) mass is 360 g/mol. The van der Waals surface area contributed by atoms with Crippen LogP contribution in [0.1, 0.15) is 0 Å². The maximum Gasteiger partial charge on any atom is 0.258 e. The second-order valence-electron chi connectivity index (χ2n) is 5.88. The molecule has 0 aliphatic rings. The van der Waals surface area contributed by atoms with E-state index in [2.05, 4.69) is 20.1 Å². The van der Waals surface area contributed by atoms with Crippen LogP contribution in [0.25, 0.3) is 23.0 Å². The fourth-order valence-electron chi connectivity index (χ4n) is 2.56. The first-order valence-electron chi connectivity index (χ1n) is 8.28. The predicted octanol–water partition coefficient (Wildman–Crippen LogP) is 2.66. The first-order chi connectivity index (χ1) is 13.2. The van der Waals surface area contributed by atoms with Crippen molar-refractivity contribution in [3.8, 4) is 23.0 Å². The molecule has 4 rings (SSSR count). The van der Waals surface area contributed by atoms with E-state index < -0.39 is 0 Å². The Labute approximate surface area is 155 Å². The number of carbonyl (C=O) groups is 1. The zero-order valence-corrected chi connectivity index (χ0v) is 14.6. The summed E-state index contributed by atoms with van der Waals surface area (Å²) < 4.78 is 6.97. The Balaban J connectivity index is 1.48. The van der Waals surface area contributed by atoms with Crippen LogP contribution < -0.4 is 4.90 Å². The van der Waals surface area contributed by atoms with E-state index >= 15 is 0 Å². The molecule has 1 amide bonds. The van der Waals surface area contributed by atoms with Gasteiger partial charge in [0.15, 0.2) is 0 Å². The second kappa shape index (κ2) is 7.20. The number of carbonyl (C=O) groups excluding carboxylic acids is 1. The number of para-hydroxylation sites is 1. The lowest BCUT2D eigenvalue weighted by molar-refractivity contribution is -0.118. The third-order valence-corrected chi connectivity index (χ3v) is 4.05. The van der Waals surface area contributed by atoms with E-state index in [1.54, 1.807) is 53.6 Å². The Morgan fingerprint density at radius 2 is 1.93 bits per heavy atom. The molecule has 0 aliphatic heterocycles. The van der Waals surface area contributed by atoms with E-state index in [0.29, 0.717) is 17.4 Å². The van der Waals surface area contributed by atoms with Crippen molar-refractivity contribution < 1.29 is 9.32 Å². The highest BCUT2D eigenvalue weighted by atomic mass is 16.5. The van der Waals surface area contributed by atoms with Crippen molar-refractivity contribution in [1.82, 2.24) is 24.7 Å². The topological polar surface area (TPSA) is 89.9 Å². The number of hydrogen-bond acceptors (Lipinski definition) is 6. The summed E-state index contributed by atoms with van der Waals surface area (Å²) in [5.41, 5.74) is 2.15. The average molecular weight is 360 g/mol. The van der Waals surface area contributed by atoms with Crippen molar-refractivity contribution in [1.29, 1.82) is 0 Å². The van der Waals surface area contributed by atoms with Gasteiger partial charge in [0.1, 0.15) is 12.2 Å². The molecule has 0 aliphatic carbocycles. The summed E-state index contributed by atoms with van der Waals surface area (Å²) in [6, 6.07) is 13.0. The molecule has 0 N–H and O–H groups in total. The van der Waals surface area contributed by atoms with Gasteiger partial charge >= 0.3 is 0 Å². The van der Waals surface area contributed by atoms with E-state index in [1.807, 2.05) is 30.3 Å². The Kier molecular flexibility index (Phi) is 4.44. The van der Waals surface area contributed by atoms with Gasteiger partial charge in [-0.25, -0.2) is 4.98 Å². The van der Waals surface area contributed by atoms with Crippen LogP contribution in [0.15, 0.2) is 71.9 Å². The molecule has 3 heterocycles. The maximum atomic E-state index is 12.5. The number of aromatic nitrogens is 5. The summed E-state index contributed by atoms with van der Waals surface area (Å²) in [6.45, 7) is 0.160. The third kappa shape index (κ3) is 3.59. The van der Waals surface area contributed by atoms with Crippen molar-refractivity contribution in [3.63, 3.8) is 0 Å². The quantitative estimate of drug-likeness (QED) is 0.543. The molecule has 4 aromatic rings. The van der Waals surface area contributed by atoms with Crippen LogP contribution in [0.2, 0.25) is 0 Å². The van der Waals surface area contributed by atoms with Crippen molar-refractivity contribution in [2.75, 3.05) is 11.9 Å². The van der Waals surface area contributed by atoms with Crippen LogP contribution in [-0.2, 0) is 11.3 Å². The van der Waals surface area contributed by atoms with Gasteiger partial charge in [0, 0.05) is 36.9 Å². The predicted molar refractivity (Wildman–Crippen MR) is 98.6 cm³/mol. The molecule has 1 aromatic carbocycles. The zero-order chi connectivity index (χ0) is 18.6. The largest absolute Gasteiger partial charge is 0.334 e. The van der Waals surface area contributed by atoms with E-state index in [9.17, 15) is 4.79 Å². The van der Waals surface area contributed by atoms with Gasteiger partial charge in [-0.05, 0) is 24.3 Å². The number of anilines is 1. The first-order valence-corrected chi connectivity index (χ1v) is 8.28. The molecule has 0 fully saturated rings. The normalized spacial score (nSPS) is 10.7. The van der Waals surface area contributed by atoms with Gasteiger partial charge in [0.2, 0.25) is 11.7 Å². The van der Waals surface area contributed by atoms with Gasteiger partial charge < -0.3 is 14.0 Å². The molecule has 0 radical (unpaired) electrons. The van der Waals surface area contributed by atoms with Crippen LogP contribution in [0, 0.1) is 0 Å². The highest BCUT2D eigenvalue weighted by Crippen LogP contribution is 2.20. The molecule has 0 saturated heterocycles. The van der Waals surface area contributed by atoms with Crippen LogP contribution in [0.3, 0.4) is 0 Å². The Morgan fingerprint density at radius 3 is 2.70 bits per heavy atom. The van der Waals surface area contributed by atoms with Crippen molar-refractivity contribution in [3.05, 3.63) is 67.4 Å². The van der Waals surface area contributed by atoms with E-state index in [4.69, 9.17) is 4.52 Å². The third-order valence-electron chi connectivity index (χ3n) is 4.05. The van der Waals surface area contributed by atoms with E-state index in [1.165, 1.54) is 0 Å². The summed E-state index contributed by atoms with van der Waals surface area (Å²) in [6.07, 6.45) is 6.61. The number of amides is 1.